The molecule has 238 valence electrons. The van der Waals surface area contributed by atoms with Crippen molar-refractivity contribution in [3.05, 3.63) is 70.3 Å². The normalized spacial score (nSPS) is 16.6. The van der Waals surface area contributed by atoms with Crippen LogP contribution in [0.3, 0.4) is 0 Å². The highest BCUT2D eigenvalue weighted by Crippen LogP contribution is 2.46. The molecule has 2 N–H and O–H groups in total. The highest BCUT2D eigenvalue weighted by Gasteiger charge is 2.29. The fourth-order valence-electron chi connectivity index (χ4n) is 6.87. The Labute approximate surface area is 264 Å². The first kappa shape index (κ1) is 31.0. The van der Waals surface area contributed by atoms with Gasteiger partial charge in [0.15, 0.2) is 17.3 Å². The predicted octanol–water partition coefficient (Wildman–Crippen LogP) is 6.53. The standard InChI is InChI=1S/C36H44FN5O3/c1-5-41(6-2)18-9-11-23(3)39-32-29(37)21-27-33-35(32)45-31-20-25-13-8-7-12-24(25)19-30(31)42(33)22-28(34(27)43)36(44)38-16-15-26-14-10-17-40(26)4/h7-8,12-13,19-23,26,39H,5-6,9-11,14-18H2,1-4H3,(H,38,44). The van der Waals surface area contributed by atoms with Gasteiger partial charge >= 0.3 is 0 Å². The van der Waals surface area contributed by atoms with Gasteiger partial charge in [-0.15, -0.1) is 0 Å². The lowest BCUT2D eigenvalue weighted by atomic mass is 10.0. The second kappa shape index (κ2) is 13.2. The molecule has 0 aliphatic carbocycles. The van der Waals surface area contributed by atoms with Crippen LogP contribution in [0.4, 0.5) is 10.1 Å². The molecule has 1 aromatic heterocycles. The van der Waals surface area contributed by atoms with Gasteiger partial charge in [-0.05, 0) is 101 Å². The minimum absolute atomic E-state index is 0.0147. The number of likely N-dealkylation sites (tertiary alicyclic amines) is 1. The minimum atomic E-state index is -0.581. The van der Waals surface area contributed by atoms with Crippen molar-refractivity contribution in [3.8, 4) is 17.2 Å². The van der Waals surface area contributed by atoms with Gasteiger partial charge in [-0.2, -0.15) is 0 Å². The summed E-state index contributed by atoms with van der Waals surface area (Å²) in [5.74, 6) is -0.241. The van der Waals surface area contributed by atoms with Crippen LogP contribution in [-0.4, -0.2) is 72.1 Å². The molecule has 6 rings (SSSR count). The Morgan fingerprint density at radius 3 is 2.62 bits per heavy atom. The number of anilines is 1. The third-order valence-electron chi connectivity index (χ3n) is 9.57. The Balaban J connectivity index is 1.39. The molecule has 3 heterocycles. The van der Waals surface area contributed by atoms with Crippen LogP contribution in [-0.2, 0) is 0 Å². The molecule has 0 radical (unpaired) electrons. The van der Waals surface area contributed by atoms with E-state index in [0.717, 1.165) is 69.1 Å². The third kappa shape index (κ3) is 6.16. The monoisotopic (exact) mass is 613 g/mol. The Hall–Kier alpha value is -3.95. The van der Waals surface area contributed by atoms with E-state index >= 15 is 4.39 Å². The van der Waals surface area contributed by atoms with Crippen molar-refractivity contribution < 1.29 is 13.9 Å². The third-order valence-corrected chi connectivity index (χ3v) is 9.57. The van der Waals surface area contributed by atoms with Crippen LogP contribution in [0.25, 0.3) is 27.4 Å². The molecule has 2 aliphatic rings. The fraction of sp³-hybridized carbons (Fsp3) is 0.444. The van der Waals surface area contributed by atoms with Gasteiger partial charge in [0.25, 0.3) is 5.91 Å². The first-order valence-electron chi connectivity index (χ1n) is 16.4. The molecule has 0 bridgehead atoms. The van der Waals surface area contributed by atoms with Gasteiger partial charge in [0.05, 0.1) is 11.1 Å². The molecule has 1 amide bonds. The summed E-state index contributed by atoms with van der Waals surface area (Å²) in [6.45, 7) is 10.8. The largest absolute Gasteiger partial charge is 0.451 e. The number of aromatic nitrogens is 1. The zero-order chi connectivity index (χ0) is 31.7. The van der Waals surface area contributed by atoms with Crippen LogP contribution in [0.5, 0.6) is 11.5 Å². The molecule has 2 atom stereocenters. The van der Waals surface area contributed by atoms with Gasteiger partial charge in [-0.3, -0.25) is 9.59 Å². The summed E-state index contributed by atoms with van der Waals surface area (Å²) in [5, 5.41) is 8.40. The van der Waals surface area contributed by atoms with E-state index in [1.54, 1.807) is 6.20 Å². The summed E-state index contributed by atoms with van der Waals surface area (Å²) in [5.41, 5.74) is 0.842. The molecule has 4 aromatic rings. The van der Waals surface area contributed by atoms with E-state index in [2.05, 4.69) is 41.3 Å². The molecule has 1 saturated heterocycles. The van der Waals surface area contributed by atoms with Crippen LogP contribution >= 0.6 is 0 Å². The second-order valence-corrected chi connectivity index (χ2v) is 12.5. The van der Waals surface area contributed by atoms with Crippen molar-refractivity contribution in [3.63, 3.8) is 0 Å². The van der Waals surface area contributed by atoms with E-state index < -0.39 is 17.2 Å². The van der Waals surface area contributed by atoms with Gasteiger partial charge in [-0.1, -0.05) is 38.1 Å². The van der Waals surface area contributed by atoms with E-state index in [-0.39, 0.29) is 28.4 Å². The average Bonchev–Trinajstić information content (AvgIpc) is 3.45. The number of hydrogen-bond acceptors (Lipinski definition) is 6. The topological polar surface area (TPSA) is 78.8 Å². The first-order valence-corrected chi connectivity index (χ1v) is 16.4. The van der Waals surface area contributed by atoms with Crippen LogP contribution in [0, 0.1) is 5.82 Å². The number of rotatable bonds is 12. The molecule has 9 heteroatoms. The molecule has 2 aliphatic heterocycles. The summed E-state index contributed by atoms with van der Waals surface area (Å²) >= 11 is 0. The lowest BCUT2D eigenvalue weighted by Gasteiger charge is -2.28. The minimum Gasteiger partial charge on any atom is -0.451 e. The van der Waals surface area contributed by atoms with E-state index in [4.69, 9.17) is 4.74 Å². The van der Waals surface area contributed by atoms with Crippen LogP contribution in [0.2, 0.25) is 0 Å². The number of benzene rings is 3. The Kier molecular flexibility index (Phi) is 9.10. The van der Waals surface area contributed by atoms with Crippen molar-refractivity contribution >= 4 is 33.3 Å². The number of pyridine rings is 1. The average molecular weight is 614 g/mol. The smallest absolute Gasteiger partial charge is 0.256 e. The Morgan fingerprint density at radius 1 is 1.16 bits per heavy atom. The van der Waals surface area contributed by atoms with Gasteiger partial charge in [0, 0.05) is 24.8 Å². The first-order chi connectivity index (χ1) is 21.8. The number of nitrogens with one attached hydrogen (secondary N) is 2. The van der Waals surface area contributed by atoms with Gasteiger partial charge < -0.3 is 29.7 Å². The molecule has 0 spiro atoms. The molecule has 2 unspecified atom stereocenters. The van der Waals surface area contributed by atoms with Crippen molar-refractivity contribution in [1.82, 2.24) is 19.7 Å². The summed E-state index contributed by atoms with van der Waals surface area (Å²) in [6.07, 6.45) is 6.48. The number of ether oxygens (including phenoxy) is 1. The van der Waals surface area contributed by atoms with Crippen molar-refractivity contribution in [2.24, 2.45) is 0 Å². The van der Waals surface area contributed by atoms with E-state index in [1.165, 1.54) is 6.07 Å². The molecular formula is C36H44FN5O3. The number of hydrogen-bond donors (Lipinski definition) is 2. The summed E-state index contributed by atoms with van der Waals surface area (Å²) < 4.78 is 24.3. The SMILES string of the molecule is CCN(CC)CCCC(C)Nc1c(F)cc2c(=O)c(C(=O)NCCC3CCCN3C)cn3c2c1Oc1cc2ccccc2cc1-3. The Morgan fingerprint density at radius 2 is 1.91 bits per heavy atom. The molecule has 8 nitrogen and oxygen atoms in total. The quantitative estimate of drug-likeness (QED) is 0.167. The number of nitrogens with zero attached hydrogens (tertiary/aromatic N) is 3. The Bertz CT molecular complexity index is 1780. The van der Waals surface area contributed by atoms with Crippen LogP contribution < -0.4 is 20.8 Å². The van der Waals surface area contributed by atoms with Crippen LogP contribution in [0.1, 0.15) is 63.2 Å². The molecule has 1 fully saturated rings. The van der Waals surface area contributed by atoms with E-state index in [1.807, 2.05) is 47.9 Å². The maximum atomic E-state index is 16.0. The number of carbonyl (C=O) groups is 1. The lowest BCUT2D eigenvalue weighted by molar-refractivity contribution is 0.0949. The number of amides is 1. The van der Waals surface area contributed by atoms with E-state index in [9.17, 15) is 9.59 Å². The molecule has 0 saturated carbocycles. The summed E-state index contributed by atoms with van der Waals surface area (Å²) in [6, 6.07) is 13.5. The fourth-order valence-corrected chi connectivity index (χ4v) is 6.87. The predicted molar refractivity (Wildman–Crippen MR) is 180 cm³/mol. The number of halogens is 1. The zero-order valence-electron chi connectivity index (χ0n) is 26.8. The second-order valence-electron chi connectivity index (χ2n) is 12.5. The lowest BCUT2D eigenvalue weighted by Crippen LogP contribution is -2.34. The van der Waals surface area contributed by atoms with Gasteiger partial charge in [-0.25, -0.2) is 4.39 Å². The molecular weight excluding hydrogens is 569 g/mol. The van der Waals surface area contributed by atoms with Gasteiger partial charge in [0.2, 0.25) is 5.43 Å². The molecule has 3 aromatic carbocycles. The highest BCUT2D eigenvalue weighted by atomic mass is 19.1. The maximum absolute atomic E-state index is 16.0. The van der Waals surface area contributed by atoms with Crippen LogP contribution in [0.15, 0.2) is 53.5 Å². The summed E-state index contributed by atoms with van der Waals surface area (Å²) in [4.78, 5) is 32.0. The van der Waals surface area contributed by atoms with Crippen molar-refractivity contribution in [1.29, 1.82) is 0 Å². The zero-order valence-corrected chi connectivity index (χ0v) is 26.8. The van der Waals surface area contributed by atoms with Crippen molar-refractivity contribution in [2.45, 2.75) is 65.0 Å². The number of carbonyl (C=O) groups excluding carboxylic acids is 1. The highest BCUT2D eigenvalue weighted by molar-refractivity contribution is 6.02. The summed E-state index contributed by atoms with van der Waals surface area (Å²) in [7, 11) is 2.10. The number of fused-ring (bicyclic) bond motifs is 3. The molecule has 45 heavy (non-hydrogen) atoms. The van der Waals surface area contributed by atoms with E-state index in [0.29, 0.717) is 29.5 Å². The van der Waals surface area contributed by atoms with Gasteiger partial charge in [0.1, 0.15) is 16.8 Å². The maximum Gasteiger partial charge on any atom is 0.256 e. The van der Waals surface area contributed by atoms with Crippen molar-refractivity contribution in [2.75, 3.05) is 45.1 Å².